The second-order valence-corrected chi connectivity index (χ2v) is 2.58. The molecule has 13 heavy (non-hydrogen) atoms. The van der Waals surface area contributed by atoms with Gasteiger partial charge in [0.1, 0.15) is 5.82 Å². The molecule has 0 atom stereocenters. The lowest BCUT2D eigenvalue weighted by molar-refractivity contribution is 0.145. The summed E-state index contributed by atoms with van der Waals surface area (Å²) in [5, 5.41) is 0. The van der Waals surface area contributed by atoms with Crippen molar-refractivity contribution < 1.29 is 13.2 Å². The fourth-order valence-corrected chi connectivity index (χ4v) is 1.07. The summed E-state index contributed by atoms with van der Waals surface area (Å²) in [5.74, 6) is -1.35. The molecule has 0 amide bonds. The third kappa shape index (κ3) is 2.03. The molecule has 0 aliphatic rings. The van der Waals surface area contributed by atoms with Gasteiger partial charge in [-0.15, -0.1) is 11.6 Å². The molecule has 0 bridgehead atoms. The van der Waals surface area contributed by atoms with Crippen LogP contribution >= 0.6 is 11.6 Å². The van der Waals surface area contributed by atoms with Crippen LogP contribution < -0.4 is 5.56 Å². The Labute approximate surface area is 76.3 Å². The highest BCUT2D eigenvalue weighted by Crippen LogP contribution is 2.16. The van der Waals surface area contributed by atoms with E-state index in [1.54, 1.807) is 0 Å². The van der Waals surface area contributed by atoms with Crippen molar-refractivity contribution in [3.63, 3.8) is 0 Å². The molecule has 0 spiro atoms. The van der Waals surface area contributed by atoms with Crippen LogP contribution in [0.3, 0.4) is 0 Å². The van der Waals surface area contributed by atoms with Crippen LogP contribution in [0.4, 0.5) is 13.2 Å². The van der Waals surface area contributed by atoms with Gasteiger partial charge in [-0.1, -0.05) is 0 Å². The van der Waals surface area contributed by atoms with Crippen molar-refractivity contribution in [3.05, 3.63) is 33.5 Å². The molecule has 0 saturated heterocycles. The van der Waals surface area contributed by atoms with Crippen molar-refractivity contribution in [3.8, 4) is 0 Å². The molecule has 0 aliphatic heterocycles. The summed E-state index contributed by atoms with van der Waals surface area (Å²) in [6, 6.07) is 0.573. The number of aromatic amines is 1. The number of halogens is 4. The molecule has 0 fully saturated rings. The maximum atomic E-state index is 12.8. The van der Waals surface area contributed by atoms with E-state index in [2.05, 4.69) is 0 Å². The van der Waals surface area contributed by atoms with E-state index in [0.717, 1.165) is 0 Å². The van der Waals surface area contributed by atoms with Gasteiger partial charge in [-0.25, -0.2) is 13.2 Å². The van der Waals surface area contributed by atoms with Crippen LogP contribution in [-0.2, 0) is 5.88 Å². The fourth-order valence-electron chi connectivity index (χ4n) is 0.817. The Hall–Kier alpha value is -0.970. The molecule has 0 saturated carbocycles. The van der Waals surface area contributed by atoms with Gasteiger partial charge in [-0.2, -0.15) is 0 Å². The maximum absolute atomic E-state index is 12.8. The summed E-state index contributed by atoms with van der Waals surface area (Å²) >= 11 is 5.22. The van der Waals surface area contributed by atoms with E-state index in [4.69, 9.17) is 11.6 Å². The minimum atomic E-state index is -2.90. The van der Waals surface area contributed by atoms with E-state index in [1.807, 2.05) is 4.98 Å². The Morgan fingerprint density at radius 3 is 2.54 bits per heavy atom. The van der Waals surface area contributed by atoms with Gasteiger partial charge in [0.25, 0.3) is 12.0 Å². The zero-order chi connectivity index (χ0) is 10.0. The van der Waals surface area contributed by atoms with Crippen LogP contribution in [0.1, 0.15) is 17.7 Å². The van der Waals surface area contributed by atoms with Gasteiger partial charge in [-0.3, -0.25) is 4.79 Å². The predicted molar refractivity (Wildman–Crippen MR) is 41.5 cm³/mol. The minimum absolute atomic E-state index is 0.328. The number of rotatable bonds is 2. The summed E-state index contributed by atoms with van der Waals surface area (Å²) in [6.45, 7) is 0. The Bertz CT molecular complexity index is 363. The van der Waals surface area contributed by atoms with Gasteiger partial charge in [0.2, 0.25) is 0 Å². The first kappa shape index (κ1) is 10.1. The first-order chi connectivity index (χ1) is 6.06. The average molecular weight is 212 g/mol. The topological polar surface area (TPSA) is 32.9 Å². The quantitative estimate of drug-likeness (QED) is 0.748. The van der Waals surface area contributed by atoms with Crippen molar-refractivity contribution in [2.45, 2.75) is 12.3 Å². The monoisotopic (exact) mass is 211 g/mol. The van der Waals surface area contributed by atoms with Crippen molar-refractivity contribution in [1.82, 2.24) is 4.98 Å². The van der Waals surface area contributed by atoms with E-state index in [0.29, 0.717) is 6.07 Å². The van der Waals surface area contributed by atoms with Crippen LogP contribution in [0.2, 0.25) is 0 Å². The molecule has 1 rings (SSSR count). The third-order valence-electron chi connectivity index (χ3n) is 1.47. The molecule has 1 aromatic heterocycles. The highest BCUT2D eigenvalue weighted by atomic mass is 35.5. The van der Waals surface area contributed by atoms with Crippen LogP contribution in [-0.4, -0.2) is 4.98 Å². The highest BCUT2D eigenvalue weighted by Gasteiger charge is 2.13. The summed E-state index contributed by atoms with van der Waals surface area (Å²) in [5.41, 5.74) is -1.98. The largest absolute Gasteiger partial charge is 0.321 e. The average Bonchev–Trinajstić information content (AvgIpc) is 2.03. The highest BCUT2D eigenvalue weighted by molar-refractivity contribution is 6.17. The predicted octanol–water partition coefficient (Wildman–Crippen LogP) is 2.19. The Balaban J connectivity index is 3.29. The standard InChI is InChI=1S/C7H5ClF3NO/c8-2-3-4(9)1-5(6(10)11)12-7(3)13/h1,6H,2H2,(H,12,13). The second kappa shape index (κ2) is 3.83. The van der Waals surface area contributed by atoms with Crippen LogP contribution in [0.25, 0.3) is 0 Å². The molecule has 0 aromatic carbocycles. The second-order valence-electron chi connectivity index (χ2n) is 2.31. The Kier molecular flexibility index (Phi) is 2.98. The van der Waals surface area contributed by atoms with Crippen molar-refractivity contribution in [2.75, 3.05) is 0 Å². The molecule has 0 aliphatic carbocycles. The Morgan fingerprint density at radius 1 is 1.54 bits per heavy atom. The summed E-state index contributed by atoms with van der Waals surface area (Å²) in [7, 11) is 0. The van der Waals surface area contributed by atoms with Crippen LogP contribution in [0.5, 0.6) is 0 Å². The number of H-pyrrole nitrogens is 1. The molecule has 1 aromatic rings. The number of alkyl halides is 3. The lowest BCUT2D eigenvalue weighted by Gasteiger charge is -2.01. The molecule has 6 heteroatoms. The fraction of sp³-hybridized carbons (Fsp3) is 0.286. The molecule has 1 N–H and O–H groups in total. The van der Waals surface area contributed by atoms with E-state index in [9.17, 15) is 18.0 Å². The van der Waals surface area contributed by atoms with Gasteiger partial charge in [0.05, 0.1) is 17.1 Å². The Morgan fingerprint density at radius 2 is 2.15 bits per heavy atom. The van der Waals surface area contributed by atoms with Gasteiger partial charge in [-0.05, 0) is 6.07 Å². The molecule has 2 nitrogen and oxygen atoms in total. The van der Waals surface area contributed by atoms with Gasteiger partial charge < -0.3 is 4.98 Å². The number of hydrogen-bond donors (Lipinski definition) is 1. The summed E-state index contributed by atoms with van der Waals surface area (Å²) < 4.78 is 36.8. The smallest absolute Gasteiger partial charge is 0.278 e. The molecule has 1 heterocycles. The zero-order valence-electron chi connectivity index (χ0n) is 6.28. The summed E-state index contributed by atoms with van der Waals surface area (Å²) in [6.07, 6.45) is -2.90. The number of hydrogen-bond acceptors (Lipinski definition) is 1. The van der Waals surface area contributed by atoms with Crippen molar-refractivity contribution in [2.24, 2.45) is 0 Å². The first-order valence-corrected chi connectivity index (χ1v) is 3.85. The van der Waals surface area contributed by atoms with Crippen LogP contribution in [0, 0.1) is 5.82 Å². The zero-order valence-corrected chi connectivity index (χ0v) is 7.04. The third-order valence-corrected chi connectivity index (χ3v) is 1.74. The van der Waals surface area contributed by atoms with Gasteiger partial charge in [0, 0.05) is 0 Å². The lowest BCUT2D eigenvalue weighted by Crippen LogP contribution is -2.16. The number of pyridine rings is 1. The molecule has 0 unspecified atom stereocenters. The maximum Gasteiger partial charge on any atom is 0.278 e. The summed E-state index contributed by atoms with van der Waals surface area (Å²) in [4.78, 5) is 12.7. The SMILES string of the molecule is O=c1[nH]c(C(F)F)cc(F)c1CCl. The van der Waals surface area contributed by atoms with Crippen molar-refractivity contribution in [1.29, 1.82) is 0 Å². The molecular formula is C7H5ClF3NO. The lowest BCUT2D eigenvalue weighted by atomic mass is 10.2. The molecular weight excluding hydrogens is 207 g/mol. The number of aromatic nitrogens is 1. The van der Waals surface area contributed by atoms with Crippen LogP contribution in [0.15, 0.2) is 10.9 Å². The first-order valence-electron chi connectivity index (χ1n) is 3.32. The van der Waals surface area contributed by atoms with E-state index < -0.39 is 23.5 Å². The number of nitrogens with one attached hydrogen (secondary N) is 1. The van der Waals surface area contributed by atoms with E-state index in [1.165, 1.54) is 0 Å². The normalized spacial score (nSPS) is 10.8. The molecule has 0 radical (unpaired) electrons. The molecule has 72 valence electrons. The minimum Gasteiger partial charge on any atom is -0.321 e. The van der Waals surface area contributed by atoms with Gasteiger partial charge >= 0.3 is 0 Å². The van der Waals surface area contributed by atoms with Crippen molar-refractivity contribution >= 4 is 11.6 Å². The van der Waals surface area contributed by atoms with E-state index >= 15 is 0 Å². The van der Waals surface area contributed by atoms with Gasteiger partial charge in [0.15, 0.2) is 0 Å². The van der Waals surface area contributed by atoms with E-state index in [-0.39, 0.29) is 11.4 Å².